The number of rotatable bonds is 4. The van der Waals surface area contributed by atoms with Crippen LogP contribution in [0.2, 0.25) is 0 Å². The summed E-state index contributed by atoms with van der Waals surface area (Å²) in [6.07, 6.45) is -4.43. The standard InChI is InChI=1S/C10H10F3NO2.ClH/c11-10(12,13)6-16-9-4-2-1-3-7(9)8(15)5-14;/h1-4H,5-6,14H2;1H. The molecule has 0 spiro atoms. The lowest BCUT2D eigenvalue weighted by molar-refractivity contribution is -0.153. The van der Waals surface area contributed by atoms with Crippen molar-refractivity contribution in [2.75, 3.05) is 13.2 Å². The number of ether oxygens (including phenoxy) is 1. The van der Waals surface area contributed by atoms with Gasteiger partial charge in [0.05, 0.1) is 12.1 Å². The van der Waals surface area contributed by atoms with Crippen molar-refractivity contribution < 1.29 is 22.7 Å². The predicted octanol–water partition coefficient (Wildman–Crippen LogP) is 2.19. The highest BCUT2D eigenvalue weighted by Crippen LogP contribution is 2.22. The second-order valence-corrected chi connectivity index (χ2v) is 3.03. The van der Waals surface area contributed by atoms with Crippen LogP contribution >= 0.6 is 12.4 Å². The van der Waals surface area contributed by atoms with Crippen molar-refractivity contribution in [3.05, 3.63) is 29.8 Å². The molecular weight excluding hydrogens is 259 g/mol. The molecule has 0 saturated heterocycles. The molecule has 0 radical (unpaired) electrons. The lowest BCUT2D eigenvalue weighted by Gasteiger charge is -2.11. The summed E-state index contributed by atoms with van der Waals surface area (Å²) in [6.45, 7) is -1.70. The molecule has 0 bridgehead atoms. The van der Waals surface area contributed by atoms with E-state index in [2.05, 4.69) is 4.74 Å². The maximum Gasteiger partial charge on any atom is 0.422 e. The molecule has 1 aromatic carbocycles. The van der Waals surface area contributed by atoms with E-state index in [-0.39, 0.29) is 30.3 Å². The number of benzene rings is 1. The molecule has 17 heavy (non-hydrogen) atoms. The summed E-state index contributed by atoms with van der Waals surface area (Å²) >= 11 is 0. The van der Waals surface area contributed by atoms with Crippen molar-refractivity contribution in [3.8, 4) is 5.75 Å². The van der Waals surface area contributed by atoms with Gasteiger partial charge in [-0.1, -0.05) is 12.1 Å². The van der Waals surface area contributed by atoms with Gasteiger partial charge in [0.15, 0.2) is 12.4 Å². The number of nitrogens with two attached hydrogens (primary N) is 1. The molecule has 0 fully saturated rings. The first-order chi connectivity index (χ1) is 7.44. The van der Waals surface area contributed by atoms with Gasteiger partial charge in [0.25, 0.3) is 0 Å². The smallest absolute Gasteiger partial charge is 0.422 e. The fraction of sp³-hybridized carbons (Fsp3) is 0.300. The molecule has 0 aliphatic rings. The second-order valence-electron chi connectivity index (χ2n) is 3.03. The molecule has 3 nitrogen and oxygen atoms in total. The van der Waals surface area contributed by atoms with E-state index in [1.54, 1.807) is 0 Å². The lowest BCUT2D eigenvalue weighted by Crippen LogP contribution is -2.21. The molecule has 0 aliphatic heterocycles. The molecule has 96 valence electrons. The average molecular weight is 270 g/mol. The van der Waals surface area contributed by atoms with Gasteiger partial charge in [0.1, 0.15) is 5.75 Å². The molecule has 0 aromatic heterocycles. The fourth-order valence-electron chi connectivity index (χ4n) is 1.09. The monoisotopic (exact) mass is 269 g/mol. The molecule has 0 aliphatic carbocycles. The first kappa shape index (κ1) is 15.7. The third kappa shape index (κ3) is 5.06. The van der Waals surface area contributed by atoms with E-state index in [4.69, 9.17) is 5.73 Å². The van der Waals surface area contributed by atoms with Crippen molar-refractivity contribution in [1.82, 2.24) is 0 Å². The van der Waals surface area contributed by atoms with Crippen molar-refractivity contribution in [2.24, 2.45) is 5.73 Å². The summed E-state index contributed by atoms with van der Waals surface area (Å²) in [4.78, 5) is 11.3. The number of hydrogen-bond donors (Lipinski definition) is 1. The van der Waals surface area contributed by atoms with Gasteiger partial charge in [-0.15, -0.1) is 12.4 Å². The summed E-state index contributed by atoms with van der Waals surface area (Å²) in [5.41, 5.74) is 5.19. The van der Waals surface area contributed by atoms with Gasteiger partial charge < -0.3 is 10.5 Å². The maximum absolute atomic E-state index is 11.9. The minimum atomic E-state index is -4.43. The summed E-state index contributed by atoms with van der Waals surface area (Å²) in [7, 11) is 0. The Kier molecular flexibility index (Phi) is 5.98. The SMILES string of the molecule is Cl.NCC(=O)c1ccccc1OCC(F)(F)F. The Bertz CT molecular complexity index is 382. The largest absolute Gasteiger partial charge is 0.483 e. The van der Waals surface area contributed by atoms with E-state index >= 15 is 0 Å². The third-order valence-electron chi connectivity index (χ3n) is 1.76. The Labute approximate surface area is 102 Å². The van der Waals surface area contributed by atoms with Gasteiger partial charge in [-0.3, -0.25) is 4.79 Å². The number of alkyl halides is 3. The van der Waals surface area contributed by atoms with Crippen LogP contribution in [0.5, 0.6) is 5.75 Å². The Balaban J connectivity index is 0.00000256. The summed E-state index contributed by atoms with van der Waals surface area (Å²) in [6, 6.07) is 5.69. The van der Waals surface area contributed by atoms with Crippen molar-refractivity contribution in [1.29, 1.82) is 0 Å². The molecule has 0 saturated carbocycles. The first-order valence-electron chi connectivity index (χ1n) is 4.46. The molecule has 0 unspecified atom stereocenters. The first-order valence-corrected chi connectivity index (χ1v) is 4.46. The van der Waals surface area contributed by atoms with Crippen LogP contribution in [0, 0.1) is 0 Å². The number of halogens is 4. The normalized spacial score (nSPS) is 10.6. The van der Waals surface area contributed by atoms with Crippen LogP contribution in [-0.4, -0.2) is 25.1 Å². The van der Waals surface area contributed by atoms with Gasteiger partial charge >= 0.3 is 6.18 Å². The zero-order valence-electron chi connectivity index (χ0n) is 8.66. The maximum atomic E-state index is 11.9. The van der Waals surface area contributed by atoms with Crippen LogP contribution < -0.4 is 10.5 Å². The van der Waals surface area contributed by atoms with E-state index in [0.717, 1.165) is 0 Å². The van der Waals surface area contributed by atoms with Gasteiger partial charge in [0, 0.05) is 0 Å². The van der Waals surface area contributed by atoms with Gasteiger partial charge in [-0.2, -0.15) is 13.2 Å². The van der Waals surface area contributed by atoms with E-state index in [1.807, 2.05) is 0 Å². The quantitative estimate of drug-likeness (QED) is 0.853. The Morgan fingerprint density at radius 2 is 1.88 bits per heavy atom. The van der Waals surface area contributed by atoms with Gasteiger partial charge in [-0.25, -0.2) is 0 Å². The van der Waals surface area contributed by atoms with Gasteiger partial charge in [0.2, 0.25) is 0 Å². The highest BCUT2D eigenvalue weighted by molar-refractivity contribution is 5.99. The Morgan fingerprint density at radius 3 is 2.41 bits per heavy atom. The zero-order chi connectivity index (χ0) is 12.2. The van der Waals surface area contributed by atoms with Crippen molar-refractivity contribution in [2.45, 2.75) is 6.18 Å². The number of Topliss-reactive ketones (excluding diaryl/α,β-unsaturated/α-hetero) is 1. The van der Waals surface area contributed by atoms with Crippen molar-refractivity contribution >= 4 is 18.2 Å². The predicted molar refractivity (Wildman–Crippen MR) is 58.6 cm³/mol. The average Bonchev–Trinajstić information content (AvgIpc) is 2.25. The van der Waals surface area contributed by atoms with E-state index in [1.165, 1.54) is 24.3 Å². The Morgan fingerprint density at radius 1 is 1.29 bits per heavy atom. The lowest BCUT2D eigenvalue weighted by atomic mass is 10.1. The van der Waals surface area contributed by atoms with Crippen molar-refractivity contribution in [3.63, 3.8) is 0 Å². The molecule has 7 heteroatoms. The number of carbonyl (C=O) groups excluding carboxylic acids is 1. The summed E-state index contributed by atoms with van der Waals surface area (Å²) in [5, 5.41) is 0. The van der Waals surface area contributed by atoms with Crippen LogP contribution in [0.3, 0.4) is 0 Å². The highest BCUT2D eigenvalue weighted by Gasteiger charge is 2.29. The molecule has 0 atom stereocenters. The number of para-hydroxylation sites is 1. The molecule has 2 N–H and O–H groups in total. The number of ketones is 1. The minimum Gasteiger partial charge on any atom is -0.483 e. The van der Waals surface area contributed by atoms with Gasteiger partial charge in [-0.05, 0) is 12.1 Å². The molecule has 1 aromatic rings. The minimum absolute atomic E-state index is 0. The second kappa shape index (κ2) is 6.46. The number of hydrogen-bond acceptors (Lipinski definition) is 3. The molecule has 0 heterocycles. The van der Waals surface area contributed by atoms with Crippen LogP contribution in [0.15, 0.2) is 24.3 Å². The topological polar surface area (TPSA) is 52.3 Å². The Hall–Kier alpha value is -1.27. The van der Waals surface area contributed by atoms with Crippen LogP contribution in [0.4, 0.5) is 13.2 Å². The molecule has 1 rings (SSSR count). The summed E-state index contributed by atoms with van der Waals surface area (Å²) in [5.74, 6) is -0.562. The number of carbonyl (C=O) groups is 1. The van der Waals surface area contributed by atoms with E-state index < -0.39 is 18.6 Å². The molecular formula is C10H11ClF3NO2. The highest BCUT2D eigenvalue weighted by atomic mass is 35.5. The summed E-state index contributed by atoms with van der Waals surface area (Å²) < 4.78 is 40.3. The third-order valence-corrected chi connectivity index (χ3v) is 1.76. The molecule has 0 amide bonds. The van der Waals surface area contributed by atoms with Crippen LogP contribution in [0.1, 0.15) is 10.4 Å². The van der Waals surface area contributed by atoms with Crippen LogP contribution in [0.25, 0.3) is 0 Å². The zero-order valence-corrected chi connectivity index (χ0v) is 9.48. The van der Waals surface area contributed by atoms with E-state index in [0.29, 0.717) is 0 Å². The fourth-order valence-corrected chi connectivity index (χ4v) is 1.09. The van der Waals surface area contributed by atoms with Crippen LogP contribution in [-0.2, 0) is 0 Å². The van der Waals surface area contributed by atoms with E-state index in [9.17, 15) is 18.0 Å².